The van der Waals surface area contributed by atoms with Crippen LogP contribution in [0.1, 0.15) is 30.7 Å². The summed E-state index contributed by atoms with van der Waals surface area (Å²) in [5, 5.41) is 0.641. The third-order valence-electron chi connectivity index (χ3n) is 5.69. The van der Waals surface area contributed by atoms with Gasteiger partial charge in [-0.2, -0.15) is 0 Å². The van der Waals surface area contributed by atoms with Gasteiger partial charge in [-0.25, -0.2) is 23.1 Å². The van der Waals surface area contributed by atoms with Crippen LogP contribution < -0.4 is 25.7 Å². The molecular formula is C22H30N6O4S3. The van der Waals surface area contributed by atoms with E-state index in [1.165, 1.54) is 10.6 Å². The Morgan fingerprint density at radius 3 is 2.51 bits per heavy atom. The zero-order valence-corrected chi connectivity index (χ0v) is 22.5. The first-order chi connectivity index (χ1) is 16.5. The van der Waals surface area contributed by atoms with Crippen molar-refractivity contribution in [3.63, 3.8) is 0 Å². The van der Waals surface area contributed by atoms with E-state index in [9.17, 15) is 8.42 Å². The van der Waals surface area contributed by atoms with E-state index >= 15 is 0 Å². The number of rotatable bonds is 10. The fourth-order valence-corrected chi connectivity index (χ4v) is 7.33. The number of nitrogens with two attached hydrogens (primary N) is 2. The lowest BCUT2D eigenvalue weighted by Gasteiger charge is -2.29. The van der Waals surface area contributed by atoms with Crippen LogP contribution in [0.4, 0.5) is 11.6 Å². The second-order valence-electron chi connectivity index (χ2n) is 8.51. The number of allylic oxidation sites excluding steroid dienone is 1. The smallest absolute Gasteiger partial charge is 0.208 e. The van der Waals surface area contributed by atoms with Gasteiger partial charge in [-0.3, -0.25) is 0 Å². The summed E-state index contributed by atoms with van der Waals surface area (Å²) in [6.07, 6.45) is 3.15. The molecule has 0 amide bonds. The molecule has 0 spiro atoms. The third kappa shape index (κ3) is 5.90. The van der Waals surface area contributed by atoms with E-state index in [1.807, 2.05) is 18.2 Å². The second kappa shape index (κ2) is 9.96. The largest absolute Gasteiger partial charge is 0.493 e. The molecule has 10 nitrogen and oxygen atoms in total. The molecule has 1 fully saturated rings. The number of aromatic nitrogens is 2. The zero-order chi connectivity index (χ0) is 25.4. The van der Waals surface area contributed by atoms with Gasteiger partial charge in [0.25, 0.3) is 0 Å². The number of hydrogen-bond acceptors (Lipinski definition) is 11. The highest BCUT2D eigenvalue weighted by atomic mass is 32.2. The summed E-state index contributed by atoms with van der Waals surface area (Å²) in [5.74, 6) is 1.89. The molecule has 2 heterocycles. The molecule has 1 unspecified atom stereocenters. The predicted molar refractivity (Wildman–Crippen MR) is 141 cm³/mol. The van der Waals surface area contributed by atoms with Gasteiger partial charge in [-0.05, 0) is 37.5 Å². The van der Waals surface area contributed by atoms with Crippen molar-refractivity contribution in [2.24, 2.45) is 0 Å². The Morgan fingerprint density at radius 1 is 1.23 bits per heavy atom. The van der Waals surface area contributed by atoms with Gasteiger partial charge in [0.2, 0.25) is 10.0 Å². The van der Waals surface area contributed by atoms with Crippen LogP contribution in [-0.4, -0.2) is 61.6 Å². The summed E-state index contributed by atoms with van der Waals surface area (Å²) >= 11 is 3.40. The van der Waals surface area contributed by atoms with Gasteiger partial charge in [0.1, 0.15) is 23.6 Å². The lowest BCUT2D eigenvalue weighted by atomic mass is 10.1. The molecule has 2 aliphatic rings. The summed E-state index contributed by atoms with van der Waals surface area (Å²) in [6.45, 7) is 2.50. The molecule has 5 N–H and O–H groups in total. The molecule has 0 bridgehead atoms. The molecular weight excluding hydrogens is 508 g/mol. The quantitative estimate of drug-likeness (QED) is 0.303. The van der Waals surface area contributed by atoms with Crippen LogP contribution in [0, 0.1) is 0 Å². The molecule has 0 saturated heterocycles. The number of hydrogen-bond donors (Lipinski definition) is 3. The van der Waals surface area contributed by atoms with Gasteiger partial charge in [-0.1, -0.05) is 29.6 Å². The van der Waals surface area contributed by atoms with E-state index < -0.39 is 10.0 Å². The van der Waals surface area contributed by atoms with E-state index in [1.54, 1.807) is 36.7 Å². The molecule has 1 aromatic carbocycles. The van der Waals surface area contributed by atoms with Crippen molar-refractivity contribution in [2.45, 2.75) is 35.0 Å². The van der Waals surface area contributed by atoms with Gasteiger partial charge in [0.15, 0.2) is 16.7 Å². The van der Waals surface area contributed by atoms with Crippen molar-refractivity contribution in [2.75, 3.05) is 45.0 Å². The maximum atomic E-state index is 11.3. The van der Waals surface area contributed by atoms with Gasteiger partial charge >= 0.3 is 0 Å². The van der Waals surface area contributed by atoms with E-state index in [0.29, 0.717) is 28.3 Å². The van der Waals surface area contributed by atoms with Gasteiger partial charge < -0.3 is 25.8 Å². The topological polar surface area (TPSA) is 146 Å². The minimum Gasteiger partial charge on any atom is -0.493 e. The van der Waals surface area contributed by atoms with Crippen molar-refractivity contribution >= 4 is 45.2 Å². The Kier molecular flexibility index (Phi) is 7.32. The van der Waals surface area contributed by atoms with Crippen LogP contribution in [0.5, 0.6) is 11.5 Å². The van der Waals surface area contributed by atoms with Crippen LogP contribution in [0.25, 0.3) is 0 Å². The number of sulfonamides is 1. The highest BCUT2D eigenvalue weighted by Gasteiger charge is 2.53. The molecule has 0 radical (unpaired) electrons. The highest BCUT2D eigenvalue weighted by Crippen LogP contribution is 2.63. The molecule has 4 rings (SSSR count). The maximum Gasteiger partial charge on any atom is 0.208 e. The molecule has 1 atom stereocenters. The SMILES string of the molecule is COc1ccc(C2SC(C)=C(C3(Sc4nc(N)cc(N)n4)CC3)N2C)cc1OCCNS(C)(=O)=O. The Balaban J connectivity index is 1.51. The maximum absolute atomic E-state index is 11.3. The Bertz CT molecular complexity index is 1230. The van der Waals surface area contributed by atoms with Crippen molar-refractivity contribution < 1.29 is 17.9 Å². The molecule has 2 aromatic rings. The third-order valence-corrected chi connectivity index (χ3v) is 9.14. The number of ether oxygens (including phenoxy) is 2. The van der Waals surface area contributed by atoms with E-state index in [4.69, 9.17) is 20.9 Å². The summed E-state index contributed by atoms with van der Waals surface area (Å²) in [4.78, 5) is 12.3. The Hall–Kier alpha value is -2.35. The van der Waals surface area contributed by atoms with Crippen molar-refractivity contribution in [3.8, 4) is 11.5 Å². The van der Waals surface area contributed by atoms with Crippen LogP contribution in [0.3, 0.4) is 0 Å². The number of nitrogen functional groups attached to an aromatic ring is 2. The van der Waals surface area contributed by atoms with Crippen LogP contribution >= 0.6 is 23.5 Å². The second-order valence-corrected chi connectivity index (χ2v) is 13.0. The summed E-state index contributed by atoms with van der Waals surface area (Å²) in [6, 6.07) is 7.42. The molecule has 190 valence electrons. The number of nitrogens with one attached hydrogen (secondary N) is 1. The lowest BCUT2D eigenvalue weighted by molar-refractivity contribution is 0.297. The number of benzene rings is 1. The van der Waals surface area contributed by atoms with Gasteiger partial charge in [0.05, 0.1) is 18.1 Å². The lowest BCUT2D eigenvalue weighted by Crippen LogP contribution is -2.27. The molecule has 35 heavy (non-hydrogen) atoms. The first-order valence-corrected chi connectivity index (χ1v) is 14.6. The summed E-state index contributed by atoms with van der Waals surface area (Å²) in [5.41, 5.74) is 14.1. The number of anilines is 2. The van der Waals surface area contributed by atoms with E-state index in [-0.39, 0.29) is 23.3 Å². The summed E-state index contributed by atoms with van der Waals surface area (Å²) < 4.78 is 36.2. The van der Waals surface area contributed by atoms with Crippen molar-refractivity contribution in [3.05, 3.63) is 40.4 Å². The summed E-state index contributed by atoms with van der Waals surface area (Å²) in [7, 11) is 0.404. The number of thioether (sulfide) groups is 2. The minimum atomic E-state index is -3.27. The Labute approximate surface area is 214 Å². The van der Waals surface area contributed by atoms with Crippen molar-refractivity contribution in [1.82, 2.24) is 19.6 Å². The average molecular weight is 539 g/mol. The monoisotopic (exact) mass is 538 g/mol. The predicted octanol–water partition coefficient (Wildman–Crippen LogP) is 2.81. The van der Waals surface area contributed by atoms with Gasteiger partial charge in [0, 0.05) is 30.3 Å². The molecule has 1 saturated carbocycles. The van der Waals surface area contributed by atoms with E-state index in [0.717, 1.165) is 24.7 Å². The first kappa shape index (κ1) is 25.7. The fourth-order valence-electron chi connectivity index (χ4n) is 4.13. The first-order valence-electron chi connectivity index (χ1n) is 11.0. The normalized spacial score (nSPS) is 19.2. The highest BCUT2D eigenvalue weighted by molar-refractivity contribution is 8.03. The molecule has 1 aliphatic heterocycles. The fraction of sp³-hybridized carbons (Fsp3) is 0.455. The number of methoxy groups -OCH3 is 1. The molecule has 13 heteroatoms. The van der Waals surface area contributed by atoms with Crippen LogP contribution in [-0.2, 0) is 10.0 Å². The van der Waals surface area contributed by atoms with Crippen molar-refractivity contribution in [1.29, 1.82) is 0 Å². The van der Waals surface area contributed by atoms with Gasteiger partial charge in [-0.15, -0.1) is 0 Å². The number of nitrogens with zero attached hydrogens (tertiary/aromatic N) is 3. The molecule has 1 aliphatic carbocycles. The average Bonchev–Trinajstić information content (AvgIpc) is 3.45. The molecule has 1 aromatic heterocycles. The van der Waals surface area contributed by atoms with E-state index in [2.05, 4.69) is 33.6 Å². The minimum absolute atomic E-state index is 0.0531. The zero-order valence-electron chi connectivity index (χ0n) is 20.1. The standard InChI is InChI=1S/C22H30N6O4S3/c1-13-19(22(7-8-22)34-21-26-17(23)12-18(24)27-21)28(2)20(33-13)14-5-6-15(31-3)16(11-14)32-10-9-25-35(4,29)30/h5-6,11-12,20,25H,7-10H2,1-4H3,(H4,23,24,26,27). The van der Waals surface area contributed by atoms with Crippen LogP contribution in [0.2, 0.25) is 0 Å². The Morgan fingerprint density at radius 2 is 1.91 bits per heavy atom. The van der Waals surface area contributed by atoms with Crippen LogP contribution in [0.15, 0.2) is 40.0 Å².